The van der Waals surface area contributed by atoms with E-state index in [4.69, 9.17) is 0 Å². The Bertz CT molecular complexity index is 676. The molecule has 1 heterocycles. The zero-order valence-electron chi connectivity index (χ0n) is 9.84. The third-order valence-corrected chi connectivity index (χ3v) is 2.53. The molecule has 0 spiro atoms. The van der Waals surface area contributed by atoms with Crippen LogP contribution in [0.4, 0.5) is 13.2 Å². The van der Waals surface area contributed by atoms with Gasteiger partial charge in [-0.2, -0.15) is 13.2 Å². The smallest absolute Gasteiger partial charge is 0.422 e. The first-order chi connectivity index (χ1) is 8.78. The number of aromatic hydroxyl groups is 1. The fourth-order valence-corrected chi connectivity index (χ4v) is 1.64. The molecule has 0 aliphatic rings. The molecule has 0 amide bonds. The Kier molecular flexibility index (Phi) is 3.13. The minimum Gasteiger partial charge on any atom is -0.503 e. The lowest BCUT2D eigenvalue weighted by atomic mass is 10.1. The largest absolute Gasteiger partial charge is 0.503 e. The zero-order valence-corrected chi connectivity index (χ0v) is 9.84. The molecule has 2 aromatic rings. The summed E-state index contributed by atoms with van der Waals surface area (Å²) in [5.74, 6) is -0.415. The van der Waals surface area contributed by atoms with Crippen molar-refractivity contribution in [3.63, 3.8) is 0 Å². The second kappa shape index (κ2) is 4.49. The van der Waals surface area contributed by atoms with Crippen LogP contribution in [0.2, 0.25) is 0 Å². The van der Waals surface area contributed by atoms with Gasteiger partial charge in [-0.15, -0.1) is 0 Å². The quantitative estimate of drug-likeness (QED) is 0.883. The van der Waals surface area contributed by atoms with Gasteiger partial charge in [0.15, 0.2) is 12.4 Å². The summed E-state index contributed by atoms with van der Waals surface area (Å²) in [6, 6.07) is 3.84. The summed E-state index contributed by atoms with van der Waals surface area (Å²) >= 11 is 0. The van der Waals surface area contributed by atoms with Gasteiger partial charge in [-0.25, -0.2) is 0 Å². The van der Waals surface area contributed by atoms with Crippen molar-refractivity contribution in [2.24, 2.45) is 0 Å². The predicted octanol–water partition coefficient (Wildman–Crippen LogP) is 2.48. The number of benzene rings is 1. The van der Waals surface area contributed by atoms with Crippen molar-refractivity contribution in [1.82, 2.24) is 4.98 Å². The number of ether oxygens (including phenoxy) is 1. The van der Waals surface area contributed by atoms with Crippen LogP contribution in [0, 0.1) is 6.92 Å². The molecule has 19 heavy (non-hydrogen) atoms. The molecular weight excluding hydrogens is 263 g/mol. The number of aromatic nitrogens is 1. The van der Waals surface area contributed by atoms with Crippen LogP contribution in [0.3, 0.4) is 0 Å². The van der Waals surface area contributed by atoms with Crippen LogP contribution < -0.4 is 10.2 Å². The fraction of sp³-hybridized carbons (Fsp3) is 0.250. The Morgan fingerprint density at radius 3 is 2.68 bits per heavy atom. The molecule has 1 aromatic carbocycles. The van der Waals surface area contributed by atoms with E-state index in [-0.39, 0.29) is 16.8 Å². The predicted molar refractivity (Wildman–Crippen MR) is 62.5 cm³/mol. The first-order valence-electron chi connectivity index (χ1n) is 5.33. The summed E-state index contributed by atoms with van der Waals surface area (Å²) in [5.41, 5.74) is -0.0286. The Hall–Kier alpha value is -2.18. The normalized spacial score (nSPS) is 11.8. The van der Waals surface area contributed by atoms with Crippen molar-refractivity contribution in [1.29, 1.82) is 0 Å². The van der Waals surface area contributed by atoms with E-state index < -0.39 is 24.0 Å². The molecule has 7 heteroatoms. The van der Waals surface area contributed by atoms with Crippen molar-refractivity contribution in [2.45, 2.75) is 13.1 Å². The van der Waals surface area contributed by atoms with Crippen LogP contribution in [-0.2, 0) is 0 Å². The summed E-state index contributed by atoms with van der Waals surface area (Å²) in [5, 5.41) is 9.64. The highest BCUT2D eigenvalue weighted by Gasteiger charge is 2.28. The molecule has 1 aromatic heterocycles. The lowest BCUT2D eigenvalue weighted by Crippen LogP contribution is -2.19. The second-order valence-corrected chi connectivity index (χ2v) is 4.04. The van der Waals surface area contributed by atoms with Crippen molar-refractivity contribution in [3.8, 4) is 11.5 Å². The van der Waals surface area contributed by atoms with E-state index in [9.17, 15) is 23.1 Å². The molecule has 102 valence electrons. The first kappa shape index (κ1) is 13.3. The molecule has 0 bridgehead atoms. The minimum atomic E-state index is -4.42. The third kappa shape index (κ3) is 2.81. The average Bonchev–Trinajstić information content (AvgIpc) is 2.32. The second-order valence-electron chi connectivity index (χ2n) is 4.04. The van der Waals surface area contributed by atoms with Crippen LogP contribution in [-0.4, -0.2) is 22.9 Å². The number of pyridine rings is 1. The highest BCUT2D eigenvalue weighted by atomic mass is 19.4. The summed E-state index contributed by atoms with van der Waals surface area (Å²) in [6.45, 7) is 0.0826. The summed E-state index contributed by atoms with van der Waals surface area (Å²) in [6.07, 6.45) is -4.42. The van der Waals surface area contributed by atoms with E-state index in [1.54, 1.807) is 0 Å². The molecule has 0 aliphatic heterocycles. The van der Waals surface area contributed by atoms with Gasteiger partial charge in [0.2, 0.25) is 5.43 Å². The number of hydrogen-bond donors (Lipinski definition) is 2. The molecule has 2 rings (SSSR count). The molecule has 0 unspecified atom stereocenters. The van der Waals surface area contributed by atoms with Crippen LogP contribution in [0.5, 0.6) is 11.5 Å². The molecule has 0 fully saturated rings. The monoisotopic (exact) mass is 273 g/mol. The van der Waals surface area contributed by atoms with E-state index in [1.807, 2.05) is 0 Å². The number of hydrogen-bond acceptors (Lipinski definition) is 3. The van der Waals surface area contributed by atoms with E-state index in [0.29, 0.717) is 5.52 Å². The standard InChI is InChI=1S/C12H10F3NO3/c1-6-10(17)11(18)8-3-2-7(4-9(8)16-6)19-5-12(13,14)15/h2-4,17H,5H2,1H3,(H,16,18). The van der Waals surface area contributed by atoms with Gasteiger partial charge in [0, 0.05) is 11.5 Å². The number of aromatic amines is 1. The topological polar surface area (TPSA) is 62.3 Å². The van der Waals surface area contributed by atoms with Gasteiger partial charge in [0.1, 0.15) is 5.75 Å². The molecule has 0 radical (unpaired) electrons. The maximum Gasteiger partial charge on any atom is 0.422 e. The number of halogens is 3. The fourth-order valence-electron chi connectivity index (χ4n) is 1.64. The van der Waals surface area contributed by atoms with Crippen LogP contribution >= 0.6 is 0 Å². The number of rotatable bonds is 2. The Morgan fingerprint density at radius 2 is 2.05 bits per heavy atom. The molecule has 0 saturated heterocycles. The van der Waals surface area contributed by atoms with Crippen LogP contribution in [0.25, 0.3) is 10.9 Å². The van der Waals surface area contributed by atoms with E-state index >= 15 is 0 Å². The lowest BCUT2D eigenvalue weighted by molar-refractivity contribution is -0.153. The highest BCUT2D eigenvalue weighted by molar-refractivity contribution is 5.81. The van der Waals surface area contributed by atoms with Gasteiger partial charge in [0.05, 0.1) is 11.2 Å². The van der Waals surface area contributed by atoms with Gasteiger partial charge >= 0.3 is 6.18 Å². The molecule has 0 saturated carbocycles. The van der Waals surface area contributed by atoms with Gasteiger partial charge in [0.25, 0.3) is 0 Å². The van der Waals surface area contributed by atoms with Crippen molar-refractivity contribution < 1.29 is 23.0 Å². The third-order valence-electron chi connectivity index (χ3n) is 2.53. The summed E-state index contributed by atoms with van der Waals surface area (Å²) in [7, 11) is 0. The Morgan fingerprint density at radius 1 is 1.37 bits per heavy atom. The highest BCUT2D eigenvalue weighted by Crippen LogP contribution is 2.22. The zero-order chi connectivity index (χ0) is 14.2. The Balaban J connectivity index is 2.42. The summed E-state index contributed by atoms with van der Waals surface area (Å²) in [4.78, 5) is 14.4. The maximum atomic E-state index is 12.0. The number of fused-ring (bicyclic) bond motifs is 1. The van der Waals surface area contributed by atoms with Crippen LogP contribution in [0.15, 0.2) is 23.0 Å². The molecule has 0 atom stereocenters. The molecule has 0 aliphatic carbocycles. The Labute approximate surface area is 105 Å². The lowest BCUT2D eigenvalue weighted by Gasteiger charge is -2.10. The minimum absolute atomic E-state index is 0.00874. The molecule has 2 N–H and O–H groups in total. The number of alkyl halides is 3. The van der Waals surface area contributed by atoms with Gasteiger partial charge in [-0.05, 0) is 19.1 Å². The van der Waals surface area contributed by atoms with E-state index in [1.165, 1.54) is 25.1 Å². The molecular formula is C12H10F3NO3. The van der Waals surface area contributed by atoms with E-state index in [2.05, 4.69) is 9.72 Å². The van der Waals surface area contributed by atoms with Gasteiger partial charge in [-0.1, -0.05) is 0 Å². The van der Waals surface area contributed by atoms with Crippen molar-refractivity contribution in [2.75, 3.05) is 6.61 Å². The maximum absolute atomic E-state index is 12.0. The average molecular weight is 273 g/mol. The van der Waals surface area contributed by atoms with Crippen molar-refractivity contribution >= 4 is 10.9 Å². The summed E-state index contributed by atoms with van der Waals surface area (Å²) < 4.78 is 40.6. The number of nitrogens with one attached hydrogen (secondary N) is 1. The first-order valence-corrected chi connectivity index (χ1v) is 5.33. The molecule has 4 nitrogen and oxygen atoms in total. The van der Waals surface area contributed by atoms with Gasteiger partial charge in [-0.3, -0.25) is 4.79 Å². The van der Waals surface area contributed by atoms with Gasteiger partial charge < -0.3 is 14.8 Å². The number of H-pyrrole nitrogens is 1. The SMILES string of the molecule is Cc1[nH]c2cc(OCC(F)(F)F)ccc2c(=O)c1O. The number of aryl methyl sites for hydroxylation is 1. The van der Waals surface area contributed by atoms with Crippen molar-refractivity contribution in [3.05, 3.63) is 34.1 Å². The van der Waals surface area contributed by atoms with E-state index in [0.717, 1.165) is 0 Å². The van der Waals surface area contributed by atoms with Crippen LogP contribution in [0.1, 0.15) is 5.69 Å².